The Labute approximate surface area is 120 Å². The largest absolute Gasteiger partial charge is 0.497 e. The van der Waals surface area contributed by atoms with E-state index in [2.05, 4.69) is 0 Å². The molecule has 0 bridgehead atoms. The molecule has 20 heavy (non-hydrogen) atoms. The van der Waals surface area contributed by atoms with Gasteiger partial charge in [0.25, 0.3) is 0 Å². The molecule has 0 saturated heterocycles. The van der Waals surface area contributed by atoms with E-state index in [1.54, 1.807) is 12.0 Å². The third-order valence-electron chi connectivity index (χ3n) is 3.54. The standard InChI is InChI=1S/C16H21NO3/c1-4-17(5-2)16(18)20-15-8-6-7-12-9-10-13(19-3)11-14(12)15/h8-11H,4-7H2,1-3H3. The number of hydrogen-bond acceptors (Lipinski definition) is 3. The van der Waals surface area contributed by atoms with Crippen molar-refractivity contribution in [2.24, 2.45) is 0 Å². The molecule has 0 spiro atoms. The molecule has 4 heteroatoms. The number of carbonyl (C=O) groups is 1. The quantitative estimate of drug-likeness (QED) is 0.844. The summed E-state index contributed by atoms with van der Waals surface area (Å²) in [5.74, 6) is 1.41. The molecule has 4 nitrogen and oxygen atoms in total. The van der Waals surface area contributed by atoms with Gasteiger partial charge in [0, 0.05) is 18.7 Å². The molecule has 0 heterocycles. The van der Waals surface area contributed by atoms with E-state index in [9.17, 15) is 4.79 Å². The Balaban J connectivity index is 2.22. The summed E-state index contributed by atoms with van der Waals surface area (Å²) in [7, 11) is 1.63. The van der Waals surface area contributed by atoms with Gasteiger partial charge in [-0.05, 0) is 50.5 Å². The van der Waals surface area contributed by atoms with Crippen LogP contribution in [-0.4, -0.2) is 31.2 Å². The maximum atomic E-state index is 12.1. The van der Waals surface area contributed by atoms with Crippen LogP contribution in [0, 0.1) is 0 Å². The minimum absolute atomic E-state index is 0.295. The van der Waals surface area contributed by atoms with Crippen molar-refractivity contribution in [2.75, 3.05) is 20.2 Å². The van der Waals surface area contributed by atoms with Crippen LogP contribution in [-0.2, 0) is 11.2 Å². The summed E-state index contributed by atoms with van der Waals surface area (Å²) in [5, 5.41) is 0. The first-order chi connectivity index (χ1) is 9.69. The lowest BCUT2D eigenvalue weighted by molar-refractivity contribution is 0.148. The van der Waals surface area contributed by atoms with E-state index in [-0.39, 0.29) is 6.09 Å². The lowest BCUT2D eigenvalue weighted by Gasteiger charge is -2.22. The molecule has 0 atom stereocenters. The smallest absolute Gasteiger partial charge is 0.415 e. The van der Waals surface area contributed by atoms with Gasteiger partial charge in [0.15, 0.2) is 0 Å². The van der Waals surface area contributed by atoms with Crippen LogP contribution in [0.25, 0.3) is 5.76 Å². The zero-order valence-electron chi connectivity index (χ0n) is 12.3. The Bertz CT molecular complexity index is 518. The van der Waals surface area contributed by atoms with Gasteiger partial charge < -0.3 is 14.4 Å². The highest BCUT2D eigenvalue weighted by atomic mass is 16.6. The Hall–Kier alpha value is -1.97. The van der Waals surface area contributed by atoms with Crippen molar-refractivity contribution in [3.8, 4) is 5.75 Å². The molecule has 1 aliphatic carbocycles. The van der Waals surface area contributed by atoms with Crippen LogP contribution in [0.5, 0.6) is 5.75 Å². The first-order valence-corrected chi connectivity index (χ1v) is 7.03. The minimum atomic E-state index is -0.295. The Morgan fingerprint density at radius 2 is 2.05 bits per heavy atom. The molecule has 108 valence electrons. The molecule has 1 amide bonds. The molecule has 0 fully saturated rings. The Morgan fingerprint density at radius 3 is 2.70 bits per heavy atom. The Morgan fingerprint density at radius 1 is 1.30 bits per heavy atom. The van der Waals surface area contributed by atoms with Gasteiger partial charge in [-0.3, -0.25) is 0 Å². The molecule has 0 aromatic heterocycles. The van der Waals surface area contributed by atoms with Crippen molar-refractivity contribution in [1.29, 1.82) is 0 Å². The predicted octanol–water partition coefficient (Wildman–Crippen LogP) is 3.46. The van der Waals surface area contributed by atoms with Crippen LogP contribution in [0.4, 0.5) is 4.79 Å². The highest BCUT2D eigenvalue weighted by Crippen LogP contribution is 2.30. The van der Waals surface area contributed by atoms with Crippen LogP contribution in [0.15, 0.2) is 24.3 Å². The third-order valence-corrected chi connectivity index (χ3v) is 3.54. The fraction of sp³-hybridized carbons (Fsp3) is 0.438. The van der Waals surface area contributed by atoms with E-state index < -0.39 is 0 Å². The maximum Gasteiger partial charge on any atom is 0.415 e. The van der Waals surface area contributed by atoms with E-state index in [4.69, 9.17) is 9.47 Å². The molecule has 0 saturated carbocycles. The number of fused-ring (bicyclic) bond motifs is 1. The number of ether oxygens (including phenoxy) is 2. The van der Waals surface area contributed by atoms with Crippen LogP contribution < -0.4 is 4.74 Å². The van der Waals surface area contributed by atoms with E-state index >= 15 is 0 Å². The number of aryl methyl sites for hydroxylation is 1. The topological polar surface area (TPSA) is 38.8 Å². The van der Waals surface area contributed by atoms with Crippen LogP contribution >= 0.6 is 0 Å². The molecule has 0 unspecified atom stereocenters. The number of methoxy groups -OCH3 is 1. The molecule has 1 aromatic carbocycles. The fourth-order valence-electron chi connectivity index (χ4n) is 2.34. The number of hydrogen-bond donors (Lipinski definition) is 0. The summed E-state index contributed by atoms with van der Waals surface area (Å²) in [6.07, 6.45) is 3.53. The van der Waals surface area contributed by atoms with E-state index in [1.807, 2.05) is 38.1 Å². The summed E-state index contributed by atoms with van der Waals surface area (Å²) in [4.78, 5) is 13.7. The molecule has 1 aliphatic rings. The van der Waals surface area contributed by atoms with Crippen LogP contribution in [0.2, 0.25) is 0 Å². The van der Waals surface area contributed by atoms with Crippen LogP contribution in [0.3, 0.4) is 0 Å². The highest BCUT2D eigenvalue weighted by molar-refractivity contribution is 5.78. The van der Waals surface area contributed by atoms with Crippen LogP contribution in [0.1, 0.15) is 31.4 Å². The predicted molar refractivity (Wildman–Crippen MR) is 78.7 cm³/mol. The average molecular weight is 275 g/mol. The summed E-state index contributed by atoms with van der Waals surface area (Å²) in [6, 6.07) is 5.90. The van der Waals surface area contributed by atoms with Crippen molar-refractivity contribution < 1.29 is 14.3 Å². The lowest BCUT2D eigenvalue weighted by atomic mass is 9.95. The molecule has 0 radical (unpaired) electrons. The molecule has 0 aliphatic heterocycles. The van der Waals surface area contributed by atoms with Crippen molar-refractivity contribution in [3.05, 3.63) is 35.4 Å². The minimum Gasteiger partial charge on any atom is -0.497 e. The van der Waals surface area contributed by atoms with Gasteiger partial charge in [-0.2, -0.15) is 0 Å². The molecule has 2 rings (SSSR count). The van der Waals surface area contributed by atoms with Gasteiger partial charge in [-0.25, -0.2) is 4.79 Å². The monoisotopic (exact) mass is 275 g/mol. The molecule has 1 aromatic rings. The van der Waals surface area contributed by atoms with Crippen molar-refractivity contribution >= 4 is 11.9 Å². The fourth-order valence-corrected chi connectivity index (χ4v) is 2.34. The average Bonchev–Trinajstić information content (AvgIpc) is 2.48. The van der Waals surface area contributed by atoms with E-state index in [1.165, 1.54) is 5.56 Å². The number of carbonyl (C=O) groups excluding carboxylic acids is 1. The number of allylic oxidation sites excluding steroid dienone is 1. The number of nitrogens with zero attached hydrogens (tertiary/aromatic N) is 1. The number of benzene rings is 1. The summed E-state index contributed by atoms with van der Waals surface area (Å²) >= 11 is 0. The molecular formula is C16H21NO3. The zero-order valence-corrected chi connectivity index (χ0v) is 12.3. The SMILES string of the molecule is CCN(CC)C(=O)OC1=CCCc2ccc(OC)cc21. The summed E-state index contributed by atoms with van der Waals surface area (Å²) in [6.45, 7) is 5.18. The van der Waals surface area contributed by atoms with Gasteiger partial charge in [0.05, 0.1) is 7.11 Å². The van der Waals surface area contributed by atoms with Gasteiger partial charge in [-0.15, -0.1) is 0 Å². The van der Waals surface area contributed by atoms with Crippen molar-refractivity contribution in [1.82, 2.24) is 4.90 Å². The Kier molecular flexibility index (Phi) is 4.66. The normalized spacial score (nSPS) is 13.2. The first-order valence-electron chi connectivity index (χ1n) is 7.03. The second-order valence-corrected chi connectivity index (χ2v) is 4.67. The highest BCUT2D eigenvalue weighted by Gasteiger charge is 2.19. The summed E-state index contributed by atoms with van der Waals surface area (Å²) in [5.41, 5.74) is 2.15. The number of amides is 1. The molecule has 0 N–H and O–H groups in total. The van der Waals surface area contributed by atoms with Crippen molar-refractivity contribution in [3.63, 3.8) is 0 Å². The van der Waals surface area contributed by atoms with E-state index in [0.29, 0.717) is 18.8 Å². The number of rotatable bonds is 4. The van der Waals surface area contributed by atoms with Gasteiger partial charge >= 0.3 is 6.09 Å². The first kappa shape index (κ1) is 14.4. The lowest BCUT2D eigenvalue weighted by Crippen LogP contribution is -2.31. The van der Waals surface area contributed by atoms with Gasteiger partial charge in [0.1, 0.15) is 11.5 Å². The van der Waals surface area contributed by atoms with E-state index in [0.717, 1.165) is 24.2 Å². The third kappa shape index (κ3) is 2.95. The second-order valence-electron chi connectivity index (χ2n) is 4.67. The van der Waals surface area contributed by atoms with Gasteiger partial charge in [-0.1, -0.05) is 6.07 Å². The maximum absolute atomic E-state index is 12.1. The van der Waals surface area contributed by atoms with Gasteiger partial charge in [0.2, 0.25) is 0 Å². The zero-order chi connectivity index (χ0) is 14.5. The summed E-state index contributed by atoms with van der Waals surface area (Å²) < 4.78 is 10.8. The second kappa shape index (κ2) is 6.46. The van der Waals surface area contributed by atoms with Crippen molar-refractivity contribution in [2.45, 2.75) is 26.7 Å². The molecular weight excluding hydrogens is 254 g/mol.